The van der Waals surface area contributed by atoms with E-state index in [1.165, 1.54) is 11.1 Å². The number of allylic oxidation sites excluding steroid dienone is 1. The van der Waals surface area contributed by atoms with Gasteiger partial charge in [0.1, 0.15) is 5.76 Å². The third-order valence-corrected chi connectivity index (χ3v) is 2.09. The quantitative estimate of drug-likeness (QED) is 0.628. The summed E-state index contributed by atoms with van der Waals surface area (Å²) in [4.78, 5) is 0. The standard InChI is InChI=1S/C10H12O/c1-2-4-10-9-6-3-5-8(9)7-11-10/h3,6-7H,2,4-5H2,1H3. The van der Waals surface area contributed by atoms with Crippen molar-refractivity contribution in [3.63, 3.8) is 0 Å². The molecule has 0 radical (unpaired) electrons. The Labute approximate surface area is 66.7 Å². The van der Waals surface area contributed by atoms with Crippen molar-refractivity contribution >= 4 is 6.08 Å². The lowest BCUT2D eigenvalue weighted by atomic mass is 10.1. The second-order valence-corrected chi connectivity index (χ2v) is 2.95. The van der Waals surface area contributed by atoms with E-state index >= 15 is 0 Å². The summed E-state index contributed by atoms with van der Waals surface area (Å²) in [6, 6.07) is 0. The predicted molar refractivity (Wildman–Crippen MR) is 45.4 cm³/mol. The highest BCUT2D eigenvalue weighted by Gasteiger charge is 2.12. The fraction of sp³-hybridized carbons (Fsp3) is 0.400. The van der Waals surface area contributed by atoms with E-state index in [-0.39, 0.29) is 0 Å². The number of hydrogen-bond donors (Lipinski definition) is 0. The Morgan fingerprint density at radius 3 is 3.27 bits per heavy atom. The lowest BCUT2D eigenvalue weighted by molar-refractivity contribution is 0.504. The van der Waals surface area contributed by atoms with Gasteiger partial charge >= 0.3 is 0 Å². The molecule has 1 nitrogen and oxygen atoms in total. The van der Waals surface area contributed by atoms with Gasteiger partial charge in [-0.1, -0.05) is 19.1 Å². The van der Waals surface area contributed by atoms with Gasteiger partial charge in [0.25, 0.3) is 0 Å². The lowest BCUT2D eigenvalue weighted by Gasteiger charge is -1.92. The lowest BCUT2D eigenvalue weighted by Crippen LogP contribution is -1.81. The van der Waals surface area contributed by atoms with Crippen molar-refractivity contribution in [1.82, 2.24) is 0 Å². The number of furan rings is 1. The highest BCUT2D eigenvalue weighted by atomic mass is 16.3. The van der Waals surface area contributed by atoms with Crippen LogP contribution in [0.25, 0.3) is 6.08 Å². The van der Waals surface area contributed by atoms with Gasteiger partial charge in [-0.25, -0.2) is 0 Å². The molecule has 0 atom stereocenters. The van der Waals surface area contributed by atoms with Crippen LogP contribution >= 0.6 is 0 Å². The van der Waals surface area contributed by atoms with Gasteiger partial charge in [0.2, 0.25) is 0 Å². The van der Waals surface area contributed by atoms with Crippen LogP contribution in [0.2, 0.25) is 0 Å². The van der Waals surface area contributed by atoms with E-state index in [9.17, 15) is 0 Å². The molecule has 0 N–H and O–H groups in total. The Hall–Kier alpha value is -0.980. The second kappa shape index (κ2) is 2.57. The summed E-state index contributed by atoms with van der Waals surface area (Å²) < 4.78 is 5.43. The van der Waals surface area contributed by atoms with Crippen LogP contribution in [0.4, 0.5) is 0 Å². The SMILES string of the molecule is CCCc1occ2c1C=CC2. The van der Waals surface area contributed by atoms with Crippen molar-refractivity contribution in [3.05, 3.63) is 29.2 Å². The van der Waals surface area contributed by atoms with Crippen LogP contribution in [-0.2, 0) is 12.8 Å². The van der Waals surface area contributed by atoms with Crippen molar-refractivity contribution in [2.75, 3.05) is 0 Å². The number of aryl methyl sites for hydroxylation is 1. The summed E-state index contributed by atoms with van der Waals surface area (Å²) in [5.41, 5.74) is 2.69. The van der Waals surface area contributed by atoms with E-state index < -0.39 is 0 Å². The first kappa shape index (κ1) is 6.71. The van der Waals surface area contributed by atoms with Gasteiger partial charge in [-0.05, 0) is 12.8 Å². The van der Waals surface area contributed by atoms with Crippen LogP contribution < -0.4 is 0 Å². The van der Waals surface area contributed by atoms with Crippen molar-refractivity contribution in [1.29, 1.82) is 0 Å². The molecule has 1 aliphatic rings. The molecule has 1 aromatic rings. The monoisotopic (exact) mass is 148 g/mol. The highest BCUT2D eigenvalue weighted by molar-refractivity contribution is 5.61. The molecule has 0 unspecified atom stereocenters. The molecule has 1 aliphatic carbocycles. The molecule has 11 heavy (non-hydrogen) atoms. The molecule has 1 heteroatoms. The van der Waals surface area contributed by atoms with Gasteiger partial charge in [0, 0.05) is 17.5 Å². The normalized spacial score (nSPS) is 13.9. The number of hydrogen-bond acceptors (Lipinski definition) is 1. The topological polar surface area (TPSA) is 13.1 Å². The first-order valence-corrected chi connectivity index (χ1v) is 4.17. The Morgan fingerprint density at radius 1 is 1.55 bits per heavy atom. The van der Waals surface area contributed by atoms with Crippen LogP contribution in [0, 0.1) is 0 Å². The summed E-state index contributed by atoms with van der Waals surface area (Å²) in [5.74, 6) is 1.16. The molecule has 2 rings (SSSR count). The van der Waals surface area contributed by atoms with E-state index in [1.54, 1.807) is 0 Å². The third-order valence-electron chi connectivity index (χ3n) is 2.09. The minimum absolute atomic E-state index is 1.06. The van der Waals surface area contributed by atoms with E-state index in [1.807, 2.05) is 6.26 Å². The molecule has 0 amide bonds. The van der Waals surface area contributed by atoms with E-state index in [2.05, 4.69) is 19.1 Å². The first-order valence-electron chi connectivity index (χ1n) is 4.17. The highest BCUT2D eigenvalue weighted by Crippen LogP contribution is 2.25. The van der Waals surface area contributed by atoms with Gasteiger partial charge in [0.05, 0.1) is 6.26 Å². The van der Waals surface area contributed by atoms with Crippen LogP contribution in [0.1, 0.15) is 30.2 Å². The van der Waals surface area contributed by atoms with Crippen LogP contribution in [0.15, 0.2) is 16.8 Å². The van der Waals surface area contributed by atoms with E-state index in [0.29, 0.717) is 0 Å². The number of fused-ring (bicyclic) bond motifs is 1. The van der Waals surface area contributed by atoms with Gasteiger partial charge in [-0.3, -0.25) is 0 Å². The molecule has 0 aromatic carbocycles. The minimum Gasteiger partial charge on any atom is -0.468 e. The third kappa shape index (κ3) is 1.01. The van der Waals surface area contributed by atoms with Gasteiger partial charge < -0.3 is 4.42 Å². The fourth-order valence-electron chi connectivity index (χ4n) is 1.53. The molecule has 1 aromatic heterocycles. The zero-order valence-electron chi connectivity index (χ0n) is 6.76. The summed E-state index contributed by atoms with van der Waals surface area (Å²) >= 11 is 0. The van der Waals surface area contributed by atoms with Crippen LogP contribution in [0.5, 0.6) is 0 Å². The maximum absolute atomic E-state index is 5.43. The summed E-state index contributed by atoms with van der Waals surface area (Å²) in [5, 5.41) is 0. The maximum atomic E-state index is 5.43. The first-order chi connectivity index (χ1) is 5.42. The molecular weight excluding hydrogens is 136 g/mol. The number of rotatable bonds is 2. The van der Waals surface area contributed by atoms with Crippen LogP contribution in [0.3, 0.4) is 0 Å². The zero-order valence-corrected chi connectivity index (χ0v) is 6.76. The van der Waals surface area contributed by atoms with E-state index in [4.69, 9.17) is 4.42 Å². The average Bonchev–Trinajstić information content (AvgIpc) is 2.53. The van der Waals surface area contributed by atoms with Gasteiger partial charge in [0.15, 0.2) is 0 Å². The van der Waals surface area contributed by atoms with Crippen molar-refractivity contribution in [2.45, 2.75) is 26.2 Å². The largest absolute Gasteiger partial charge is 0.468 e. The molecule has 58 valence electrons. The second-order valence-electron chi connectivity index (χ2n) is 2.95. The van der Waals surface area contributed by atoms with Gasteiger partial charge in [-0.15, -0.1) is 0 Å². The Kier molecular flexibility index (Phi) is 1.57. The molecule has 1 heterocycles. The van der Waals surface area contributed by atoms with Crippen molar-refractivity contribution in [2.24, 2.45) is 0 Å². The molecule has 0 saturated carbocycles. The minimum atomic E-state index is 1.06. The Morgan fingerprint density at radius 2 is 2.45 bits per heavy atom. The molecule has 0 spiro atoms. The Bertz CT molecular complexity index is 281. The smallest absolute Gasteiger partial charge is 0.111 e. The Balaban J connectivity index is 2.34. The molecule has 0 bridgehead atoms. The summed E-state index contributed by atoms with van der Waals surface area (Å²) in [7, 11) is 0. The van der Waals surface area contributed by atoms with E-state index in [0.717, 1.165) is 25.0 Å². The van der Waals surface area contributed by atoms with Gasteiger partial charge in [-0.2, -0.15) is 0 Å². The van der Waals surface area contributed by atoms with Crippen molar-refractivity contribution < 1.29 is 4.42 Å². The zero-order chi connectivity index (χ0) is 7.68. The molecule has 0 saturated heterocycles. The molecule has 0 fully saturated rings. The summed E-state index contributed by atoms with van der Waals surface area (Å²) in [6.07, 6.45) is 9.54. The van der Waals surface area contributed by atoms with Crippen LogP contribution in [-0.4, -0.2) is 0 Å². The molecular formula is C10H12O. The fourth-order valence-corrected chi connectivity index (χ4v) is 1.53. The van der Waals surface area contributed by atoms with Crippen molar-refractivity contribution in [3.8, 4) is 0 Å². The summed E-state index contributed by atoms with van der Waals surface area (Å²) in [6.45, 7) is 2.17. The molecule has 0 aliphatic heterocycles. The maximum Gasteiger partial charge on any atom is 0.111 e. The average molecular weight is 148 g/mol. The predicted octanol–water partition coefficient (Wildman–Crippen LogP) is 2.80.